The third kappa shape index (κ3) is 6.75. The monoisotopic (exact) mass is 368 g/mol. The molecule has 0 saturated heterocycles. The standard InChI is InChI=1S/C14H19F3N2O4S/c1-9(2)10(3)19-13(20)8-18-24(21,22)12-6-4-11(5-7-12)23-14(15,16)17/h4-7,9-10,18H,8H2,1-3H3,(H,19,20). The van der Waals surface area contributed by atoms with Crippen molar-refractivity contribution in [1.29, 1.82) is 0 Å². The van der Waals surface area contributed by atoms with Gasteiger partial charge in [0, 0.05) is 6.04 Å². The van der Waals surface area contributed by atoms with E-state index in [1.807, 2.05) is 13.8 Å². The number of benzene rings is 1. The van der Waals surface area contributed by atoms with Crippen LogP contribution in [0.4, 0.5) is 13.2 Å². The largest absolute Gasteiger partial charge is 0.573 e. The second-order valence-corrected chi connectivity index (χ2v) is 7.21. The molecule has 0 saturated carbocycles. The van der Waals surface area contributed by atoms with Crippen LogP contribution in [0.1, 0.15) is 20.8 Å². The van der Waals surface area contributed by atoms with Crippen molar-refractivity contribution in [1.82, 2.24) is 10.0 Å². The van der Waals surface area contributed by atoms with E-state index in [0.717, 1.165) is 24.3 Å². The number of sulfonamides is 1. The average Bonchev–Trinajstić information content (AvgIpc) is 2.44. The lowest BCUT2D eigenvalue weighted by Gasteiger charge is -2.17. The van der Waals surface area contributed by atoms with Crippen molar-refractivity contribution in [3.05, 3.63) is 24.3 Å². The van der Waals surface area contributed by atoms with Crippen molar-refractivity contribution in [3.63, 3.8) is 0 Å². The Morgan fingerprint density at radius 2 is 1.71 bits per heavy atom. The number of halogens is 3. The Hall–Kier alpha value is -1.81. The van der Waals surface area contributed by atoms with Gasteiger partial charge in [-0.2, -0.15) is 0 Å². The Morgan fingerprint density at radius 1 is 1.17 bits per heavy atom. The Bertz CT molecular complexity index is 658. The second-order valence-electron chi connectivity index (χ2n) is 5.44. The highest BCUT2D eigenvalue weighted by Gasteiger charge is 2.31. The summed E-state index contributed by atoms with van der Waals surface area (Å²) in [5.41, 5.74) is 0. The van der Waals surface area contributed by atoms with Crippen molar-refractivity contribution in [3.8, 4) is 5.75 Å². The molecule has 0 radical (unpaired) electrons. The summed E-state index contributed by atoms with van der Waals surface area (Å²) in [5.74, 6) is -0.853. The number of carbonyl (C=O) groups is 1. The van der Waals surface area contributed by atoms with Gasteiger partial charge >= 0.3 is 6.36 Å². The molecule has 0 fully saturated rings. The average molecular weight is 368 g/mol. The molecule has 1 atom stereocenters. The molecular weight excluding hydrogens is 349 g/mol. The van der Waals surface area contributed by atoms with Crippen LogP contribution in [0.25, 0.3) is 0 Å². The van der Waals surface area contributed by atoms with Crippen LogP contribution < -0.4 is 14.8 Å². The molecule has 0 bridgehead atoms. The smallest absolute Gasteiger partial charge is 0.406 e. The first kappa shape index (κ1) is 20.2. The minimum Gasteiger partial charge on any atom is -0.406 e. The SMILES string of the molecule is CC(C)C(C)NC(=O)CNS(=O)(=O)c1ccc(OC(F)(F)F)cc1. The fraction of sp³-hybridized carbons (Fsp3) is 0.500. The van der Waals surface area contributed by atoms with Gasteiger partial charge in [0.25, 0.3) is 0 Å². The number of hydrogen-bond acceptors (Lipinski definition) is 4. The molecule has 0 aliphatic carbocycles. The van der Waals surface area contributed by atoms with E-state index in [0.29, 0.717) is 0 Å². The number of nitrogens with one attached hydrogen (secondary N) is 2. The maximum absolute atomic E-state index is 12.0. The number of alkyl halides is 3. The van der Waals surface area contributed by atoms with Crippen LogP contribution in [0.15, 0.2) is 29.2 Å². The predicted molar refractivity (Wildman–Crippen MR) is 80.8 cm³/mol. The highest BCUT2D eigenvalue weighted by Crippen LogP contribution is 2.23. The first-order valence-corrected chi connectivity index (χ1v) is 8.54. The summed E-state index contributed by atoms with van der Waals surface area (Å²) >= 11 is 0. The maximum Gasteiger partial charge on any atom is 0.573 e. The first-order valence-electron chi connectivity index (χ1n) is 7.05. The molecule has 24 heavy (non-hydrogen) atoms. The molecule has 10 heteroatoms. The summed E-state index contributed by atoms with van der Waals surface area (Å²) in [4.78, 5) is 11.4. The predicted octanol–water partition coefficient (Wildman–Crippen LogP) is 2.02. The van der Waals surface area contributed by atoms with Crippen molar-refractivity contribution in [2.75, 3.05) is 6.54 Å². The van der Waals surface area contributed by atoms with Crippen LogP contribution in [0.2, 0.25) is 0 Å². The van der Waals surface area contributed by atoms with Gasteiger partial charge in [0.1, 0.15) is 5.75 Å². The summed E-state index contributed by atoms with van der Waals surface area (Å²) < 4.78 is 65.9. The molecule has 0 aliphatic heterocycles. The fourth-order valence-electron chi connectivity index (χ4n) is 1.54. The molecular formula is C14H19F3N2O4S. The van der Waals surface area contributed by atoms with Gasteiger partial charge in [0.15, 0.2) is 0 Å². The van der Waals surface area contributed by atoms with Crippen molar-refractivity contribution in [2.24, 2.45) is 5.92 Å². The summed E-state index contributed by atoms with van der Waals surface area (Å²) in [6.07, 6.45) is -4.86. The van der Waals surface area contributed by atoms with E-state index in [9.17, 15) is 26.4 Å². The van der Waals surface area contributed by atoms with E-state index in [4.69, 9.17) is 0 Å². The number of rotatable bonds is 7. The highest BCUT2D eigenvalue weighted by atomic mass is 32.2. The van der Waals surface area contributed by atoms with Crippen LogP contribution in [-0.4, -0.2) is 33.3 Å². The van der Waals surface area contributed by atoms with Crippen LogP contribution >= 0.6 is 0 Å². The molecule has 0 heterocycles. The van der Waals surface area contributed by atoms with Crippen LogP contribution in [0.5, 0.6) is 5.75 Å². The van der Waals surface area contributed by atoms with Crippen molar-refractivity contribution < 1.29 is 31.1 Å². The van der Waals surface area contributed by atoms with Gasteiger partial charge in [-0.05, 0) is 37.1 Å². The number of carbonyl (C=O) groups excluding carboxylic acids is 1. The maximum atomic E-state index is 12.0. The van der Waals surface area contributed by atoms with Gasteiger partial charge in [-0.1, -0.05) is 13.8 Å². The van der Waals surface area contributed by atoms with E-state index < -0.39 is 34.6 Å². The Balaban J connectivity index is 2.67. The lowest BCUT2D eigenvalue weighted by atomic mass is 10.1. The van der Waals surface area contributed by atoms with Gasteiger partial charge < -0.3 is 10.1 Å². The number of hydrogen-bond donors (Lipinski definition) is 2. The van der Waals surface area contributed by atoms with Crippen molar-refractivity contribution in [2.45, 2.75) is 38.1 Å². The van der Waals surface area contributed by atoms with Gasteiger partial charge in [-0.15, -0.1) is 13.2 Å². The van der Waals surface area contributed by atoms with E-state index in [2.05, 4.69) is 14.8 Å². The van der Waals surface area contributed by atoms with E-state index in [1.165, 1.54) is 0 Å². The molecule has 136 valence electrons. The summed E-state index contributed by atoms with van der Waals surface area (Å²) in [6, 6.07) is 3.54. The highest BCUT2D eigenvalue weighted by molar-refractivity contribution is 7.89. The molecule has 0 aromatic heterocycles. The van der Waals surface area contributed by atoms with Gasteiger partial charge in [-0.25, -0.2) is 13.1 Å². The third-order valence-corrected chi connectivity index (χ3v) is 4.60. The summed E-state index contributed by atoms with van der Waals surface area (Å²) in [6.45, 7) is 5.12. The fourth-order valence-corrected chi connectivity index (χ4v) is 2.52. The van der Waals surface area contributed by atoms with E-state index in [1.54, 1.807) is 6.92 Å². The number of amides is 1. The molecule has 0 aliphatic rings. The van der Waals surface area contributed by atoms with E-state index >= 15 is 0 Å². The summed E-state index contributed by atoms with van der Waals surface area (Å²) in [5, 5.41) is 2.63. The minimum absolute atomic E-state index is 0.124. The van der Waals surface area contributed by atoms with Crippen LogP contribution in [-0.2, 0) is 14.8 Å². The zero-order chi connectivity index (χ0) is 18.5. The second kappa shape index (κ2) is 7.84. The van der Waals surface area contributed by atoms with Crippen molar-refractivity contribution >= 4 is 15.9 Å². The molecule has 1 rings (SSSR count). The number of ether oxygens (including phenoxy) is 1. The van der Waals surface area contributed by atoms with Crippen LogP contribution in [0, 0.1) is 5.92 Å². The lowest BCUT2D eigenvalue weighted by molar-refractivity contribution is -0.274. The van der Waals surface area contributed by atoms with Gasteiger partial charge in [-0.3, -0.25) is 4.79 Å². The Morgan fingerprint density at radius 3 is 2.17 bits per heavy atom. The topological polar surface area (TPSA) is 84.5 Å². The lowest BCUT2D eigenvalue weighted by Crippen LogP contribution is -2.42. The van der Waals surface area contributed by atoms with E-state index in [-0.39, 0.29) is 16.9 Å². The molecule has 1 amide bonds. The van der Waals surface area contributed by atoms with Gasteiger partial charge in [0.2, 0.25) is 15.9 Å². The molecule has 0 spiro atoms. The molecule has 1 aromatic carbocycles. The van der Waals surface area contributed by atoms with Crippen LogP contribution in [0.3, 0.4) is 0 Å². The molecule has 1 unspecified atom stereocenters. The van der Waals surface area contributed by atoms with Gasteiger partial charge in [0.05, 0.1) is 11.4 Å². The zero-order valence-corrected chi connectivity index (χ0v) is 14.2. The Labute approximate surface area is 138 Å². The first-order chi connectivity index (χ1) is 10.9. The third-order valence-electron chi connectivity index (χ3n) is 3.18. The molecule has 2 N–H and O–H groups in total. The quantitative estimate of drug-likeness (QED) is 0.771. The molecule has 6 nitrogen and oxygen atoms in total. The Kier molecular flexibility index (Phi) is 6.61. The minimum atomic E-state index is -4.86. The molecule has 1 aromatic rings. The zero-order valence-electron chi connectivity index (χ0n) is 13.3. The summed E-state index contributed by atoms with van der Waals surface area (Å²) in [7, 11) is -4.02. The normalized spacial score (nSPS) is 13.6.